The quantitative estimate of drug-likeness (QED) is 0.811. The van der Waals surface area contributed by atoms with Crippen LogP contribution < -0.4 is 5.32 Å². The molecule has 1 aromatic carbocycles. The van der Waals surface area contributed by atoms with Gasteiger partial charge in [0.2, 0.25) is 5.91 Å². The summed E-state index contributed by atoms with van der Waals surface area (Å²) in [5.74, 6) is 0.0189. The molecule has 0 bridgehead atoms. The Kier molecular flexibility index (Phi) is 6.46. The maximum atomic E-state index is 14.2. The van der Waals surface area contributed by atoms with E-state index in [9.17, 15) is 9.18 Å². The maximum absolute atomic E-state index is 14.2. The topological polar surface area (TPSA) is 56.6 Å². The number of hydrogen-bond donors (Lipinski definition) is 1. The van der Waals surface area contributed by atoms with Gasteiger partial charge in [-0.2, -0.15) is 5.10 Å². The fraction of sp³-hybridized carbons (Fsp3) is 0.545. The second-order valence-electron chi connectivity index (χ2n) is 8.45. The Hall–Kier alpha value is -2.29. The van der Waals surface area contributed by atoms with E-state index in [-0.39, 0.29) is 11.7 Å². The number of rotatable bonds is 5. The number of piperidine rings is 1. The highest BCUT2D eigenvalue weighted by molar-refractivity contribution is 5.91. The van der Waals surface area contributed by atoms with E-state index in [1.54, 1.807) is 24.3 Å². The van der Waals surface area contributed by atoms with Gasteiger partial charge in [-0.15, -0.1) is 0 Å². The third-order valence-electron chi connectivity index (χ3n) is 6.07. The molecule has 1 amide bonds. The molecular weight excluding hydrogens is 383 g/mol. The van der Waals surface area contributed by atoms with Crippen LogP contribution >= 0.6 is 0 Å². The number of benzene rings is 1. The van der Waals surface area contributed by atoms with Gasteiger partial charge in [0, 0.05) is 44.8 Å². The van der Waals surface area contributed by atoms with Gasteiger partial charge in [0.25, 0.3) is 0 Å². The number of nitrogens with one attached hydrogen (secondary N) is 1. The number of likely N-dealkylation sites (N-methyl/N-ethyl adjacent to an activating group) is 1. The molecule has 30 heavy (non-hydrogen) atoms. The molecule has 7 nitrogen and oxygen atoms in total. The average molecular weight is 415 g/mol. The van der Waals surface area contributed by atoms with Gasteiger partial charge in [-0.1, -0.05) is 12.1 Å². The minimum absolute atomic E-state index is 0.0988. The van der Waals surface area contributed by atoms with Crippen molar-refractivity contribution in [1.82, 2.24) is 24.5 Å². The average Bonchev–Trinajstić information content (AvgIpc) is 3.08. The van der Waals surface area contributed by atoms with Crippen molar-refractivity contribution in [1.29, 1.82) is 0 Å². The number of piperazine rings is 1. The molecule has 4 rings (SSSR count). The van der Waals surface area contributed by atoms with Crippen molar-refractivity contribution in [2.24, 2.45) is 0 Å². The lowest BCUT2D eigenvalue weighted by atomic mass is 10.0. The molecule has 0 saturated carbocycles. The molecule has 0 radical (unpaired) electrons. The Balaban J connectivity index is 1.32. The minimum Gasteiger partial charge on any atom is -0.309 e. The fourth-order valence-electron chi connectivity index (χ4n) is 4.50. The molecule has 8 heteroatoms. The van der Waals surface area contributed by atoms with Crippen LogP contribution in [0.5, 0.6) is 0 Å². The van der Waals surface area contributed by atoms with Gasteiger partial charge in [0.1, 0.15) is 17.3 Å². The summed E-state index contributed by atoms with van der Waals surface area (Å²) in [6.07, 6.45) is 2.53. The van der Waals surface area contributed by atoms with Crippen LogP contribution in [0, 0.1) is 12.7 Å². The summed E-state index contributed by atoms with van der Waals surface area (Å²) in [5.41, 5.74) is 1.05. The first-order valence-corrected chi connectivity index (χ1v) is 10.8. The van der Waals surface area contributed by atoms with Crippen LogP contribution in [0.3, 0.4) is 0 Å². The second-order valence-corrected chi connectivity index (χ2v) is 8.45. The van der Waals surface area contributed by atoms with Crippen LogP contribution in [-0.4, -0.2) is 89.3 Å². The van der Waals surface area contributed by atoms with E-state index in [1.807, 2.05) is 6.92 Å². The molecule has 2 saturated heterocycles. The monoisotopic (exact) mass is 414 g/mol. The minimum atomic E-state index is -0.374. The highest BCUT2D eigenvalue weighted by Gasteiger charge is 2.27. The molecular formula is C22H31FN6O. The number of anilines is 1. The molecule has 2 aromatic rings. The third kappa shape index (κ3) is 4.88. The number of aryl methyl sites for hydroxylation is 1. The summed E-state index contributed by atoms with van der Waals surface area (Å²) >= 11 is 0. The van der Waals surface area contributed by atoms with E-state index in [0.717, 1.165) is 38.4 Å². The zero-order valence-electron chi connectivity index (χ0n) is 17.9. The molecule has 0 aliphatic carbocycles. The highest BCUT2D eigenvalue weighted by atomic mass is 19.1. The van der Waals surface area contributed by atoms with Gasteiger partial charge in [-0.25, -0.2) is 9.07 Å². The third-order valence-corrected chi connectivity index (χ3v) is 6.07. The molecule has 3 heterocycles. The molecule has 2 aliphatic heterocycles. The number of likely N-dealkylation sites (tertiary alicyclic amines) is 1. The van der Waals surface area contributed by atoms with Crippen LogP contribution in [0.1, 0.15) is 18.5 Å². The van der Waals surface area contributed by atoms with E-state index in [0.29, 0.717) is 24.1 Å². The van der Waals surface area contributed by atoms with Crippen LogP contribution in [0.4, 0.5) is 10.2 Å². The molecule has 2 aliphatic rings. The zero-order chi connectivity index (χ0) is 21.1. The summed E-state index contributed by atoms with van der Waals surface area (Å²) < 4.78 is 15.7. The van der Waals surface area contributed by atoms with Crippen molar-refractivity contribution in [3.05, 3.63) is 41.8 Å². The number of aromatic nitrogens is 2. The number of halogens is 1. The summed E-state index contributed by atoms with van der Waals surface area (Å²) in [7, 11) is 2.19. The number of hydrogen-bond acceptors (Lipinski definition) is 5. The largest absolute Gasteiger partial charge is 0.309 e. The van der Waals surface area contributed by atoms with Crippen molar-refractivity contribution in [2.75, 3.05) is 58.2 Å². The smallest absolute Gasteiger partial charge is 0.239 e. The number of nitrogens with zero attached hydrogens (tertiary/aromatic N) is 5. The molecule has 1 atom stereocenters. The molecule has 1 N–H and O–H groups in total. The molecule has 1 unspecified atom stereocenters. The van der Waals surface area contributed by atoms with Gasteiger partial charge < -0.3 is 10.2 Å². The van der Waals surface area contributed by atoms with E-state index < -0.39 is 0 Å². The Morgan fingerprint density at radius 2 is 1.97 bits per heavy atom. The van der Waals surface area contributed by atoms with Gasteiger partial charge >= 0.3 is 0 Å². The standard InChI is InChI=1S/C22H31FN6O/c1-17-14-21(29(25-17)20-8-4-3-7-19(20)23)24-22(30)16-27-10-12-28(13-11-27)18-6-5-9-26(2)15-18/h3-4,7-8,14,18H,5-6,9-13,15-16H2,1-2H3,(H,24,30). The van der Waals surface area contributed by atoms with Crippen molar-refractivity contribution in [3.63, 3.8) is 0 Å². The number of amides is 1. The Labute approximate surface area is 177 Å². The van der Waals surface area contributed by atoms with E-state index in [1.165, 1.54) is 30.1 Å². The number of carbonyl (C=O) groups excluding carboxylic acids is 1. The second kappa shape index (κ2) is 9.24. The summed E-state index contributed by atoms with van der Waals surface area (Å²) in [6, 6.07) is 8.84. The lowest BCUT2D eigenvalue weighted by molar-refractivity contribution is -0.117. The Bertz CT molecular complexity index is 876. The first-order valence-electron chi connectivity index (χ1n) is 10.8. The fourth-order valence-corrected chi connectivity index (χ4v) is 4.50. The predicted molar refractivity (Wildman–Crippen MR) is 115 cm³/mol. The van der Waals surface area contributed by atoms with Crippen LogP contribution in [0.2, 0.25) is 0 Å². The predicted octanol–water partition coefficient (Wildman–Crippen LogP) is 1.97. The first kappa shape index (κ1) is 21.0. The van der Waals surface area contributed by atoms with Crippen molar-refractivity contribution < 1.29 is 9.18 Å². The molecule has 2 fully saturated rings. The summed E-state index contributed by atoms with van der Waals surface area (Å²) in [6.45, 7) is 8.27. The van der Waals surface area contributed by atoms with Crippen molar-refractivity contribution in [2.45, 2.75) is 25.8 Å². The van der Waals surface area contributed by atoms with Gasteiger partial charge in [0.05, 0.1) is 12.2 Å². The Morgan fingerprint density at radius 3 is 2.70 bits per heavy atom. The Morgan fingerprint density at radius 1 is 1.20 bits per heavy atom. The van der Waals surface area contributed by atoms with Gasteiger partial charge in [0.15, 0.2) is 0 Å². The van der Waals surface area contributed by atoms with Crippen molar-refractivity contribution in [3.8, 4) is 5.69 Å². The lowest BCUT2D eigenvalue weighted by Crippen LogP contribution is -2.55. The highest BCUT2D eigenvalue weighted by Crippen LogP contribution is 2.20. The van der Waals surface area contributed by atoms with Crippen LogP contribution in [0.25, 0.3) is 5.69 Å². The van der Waals surface area contributed by atoms with Crippen LogP contribution in [0.15, 0.2) is 30.3 Å². The zero-order valence-corrected chi connectivity index (χ0v) is 17.9. The van der Waals surface area contributed by atoms with Gasteiger partial charge in [-0.3, -0.25) is 14.6 Å². The SMILES string of the molecule is Cc1cc(NC(=O)CN2CCN(C3CCCN(C)C3)CC2)n(-c2ccccc2F)n1. The van der Waals surface area contributed by atoms with E-state index >= 15 is 0 Å². The van der Waals surface area contributed by atoms with Gasteiger partial charge in [-0.05, 0) is 45.5 Å². The van der Waals surface area contributed by atoms with Crippen LogP contribution in [-0.2, 0) is 4.79 Å². The number of para-hydroxylation sites is 1. The summed E-state index contributed by atoms with van der Waals surface area (Å²) in [5, 5.41) is 7.26. The first-order chi connectivity index (χ1) is 14.5. The maximum Gasteiger partial charge on any atom is 0.239 e. The summed E-state index contributed by atoms with van der Waals surface area (Å²) in [4.78, 5) is 19.8. The molecule has 162 valence electrons. The lowest BCUT2D eigenvalue weighted by Gasteiger charge is -2.42. The number of carbonyl (C=O) groups is 1. The normalized spacial score (nSPS) is 21.6. The van der Waals surface area contributed by atoms with Crippen molar-refractivity contribution >= 4 is 11.7 Å². The molecule has 0 spiro atoms. The van der Waals surface area contributed by atoms with E-state index in [2.05, 4.69) is 32.2 Å². The van der Waals surface area contributed by atoms with E-state index in [4.69, 9.17) is 0 Å². The molecule has 1 aromatic heterocycles.